The van der Waals surface area contributed by atoms with Gasteiger partial charge in [0.15, 0.2) is 11.2 Å². The number of H-pyrrole nitrogens is 1. The molecule has 10 heteroatoms. The molecule has 2 atom stereocenters. The van der Waals surface area contributed by atoms with Crippen LogP contribution in [0.5, 0.6) is 0 Å². The van der Waals surface area contributed by atoms with Gasteiger partial charge in [0.1, 0.15) is 6.04 Å². The Morgan fingerprint density at radius 2 is 2.26 bits per heavy atom. The minimum atomic E-state index is -1.45. The van der Waals surface area contributed by atoms with Crippen LogP contribution in [0.1, 0.15) is 0 Å². The van der Waals surface area contributed by atoms with Crippen molar-refractivity contribution >= 4 is 23.1 Å². The maximum absolute atomic E-state index is 11.5. The number of aromatic nitrogens is 4. The minimum absolute atomic E-state index is 0.0466. The van der Waals surface area contributed by atoms with E-state index in [9.17, 15) is 14.7 Å². The molecule has 0 aliphatic rings. The highest BCUT2D eigenvalue weighted by Gasteiger charge is 2.23. The van der Waals surface area contributed by atoms with Crippen molar-refractivity contribution in [2.45, 2.75) is 18.7 Å². The molecule has 0 aliphatic heterocycles. The molecule has 0 fully saturated rings. The van der Waals surface area contributed by atoms with Gasteiger partial charge >= 0.3 is 5.97 Å². The van der Waals surface area contributed by atoms with Gasteiger partial charge in [0.05, 0.1) is 19.0 Å². The van der Waals surface area contributed by atoms with Crippen molar-refractivity contribution < 1.29 is 15.0 Å². The average molecular weight is 268 g/mol. The molecule has 2 aromatic heterocycles. The third-order valence-corrected chi connectivity index (χ3v) is 2.58. The van der Waals surface area contributed by atoms with Crippen LogP contribution in [-0.2, 0) is 11.3 Å². The third kappa shape index (κ3) is 2.39. The van der Waals surface area contributed by atoms with Gasteiger partial charge in [-0.1, -0.05) is 0 Å². The maximum Gasteiger partial charge on any atom is 0.323 e. The molecule has 2 rings (SSSR count). The van der Waals surface area contributed by atoms with Crippen LogP contribution in [0, 0.1) is 0 Å². The predicted molar refractivity (Wildman–Crippen MR) is 64.2 cm³/mol. The Labute approximate surface area is 105 Å². The highest BCUT2D eigenvalue weighted by molar-refractivity contribution is 5.74. The summed E-state index contributed by atoms with van der Waals surface area (Å²) in [5, 5.41) is 18.3. The highest BCUT2D eigenvalue weighted by Crippen LogP contribution is 2.08. The summed E-state index contributed by atoms with van der Waals surface area (Å²) in [6.07, 6.45) is -0.0957. The normalized spacial score (nSPS) is 14.4. The monoisotopic (exact) mass is 268 g/mol. The molecule has 0 saturated carbocycles. The van der Waals surface area contributed by atoms with Crippen LogP contribution in [0.25, 0.3) is 11.2 Å². The molecule has 0 aromatic carbocycles. The van der Waals surface area contributed by atoms with E-state index in [1.165, 1.54) is 10.9 Å². The van der Waals surface area contributed by atoms with Crippen LogP contribution in [0.4, 0.5) is 5.95 Å². The van der Waals surface area contributed by atoms with Crippen molar-refractivity contribution in [2.24, 2.45) is 5.73 Å². The van der Waals surface area contributed by atoms with Crippen LogP contribution in [0.3, 0.4) is 0 Å². The van der Waals surface area contributed by atoms with Crippen molar-refractivity contribution in [3.63, 3.8) is 0 Å². The molecule has 10 nitrogen and oxygen atoms in total. The minimum Gasteiger partial charge on any atom is -0.480 e. The number of aliphatic hydroxyl groups excluding tert-OH is 1. The summed E-state index contributed by atoms with van der Waals surface area (Å²) < 4.78 is 1.31. The molecule has 0 saturated heterocycles. The van der Waals surface area contributed by atoms with E-state index in [0.29, 0.717) is 0 Å². The Bertz CT molecular complexity index is 677. The Kier molecular flexibility index (Phi) is 3.19. The number of hydrogen-bond donors (Lipinski definition) is 5. The van der Waals surface area contributed by atoms with E-state index in [-0.39, 0.29) is 23.7 Å². The van der Waals surface area contributed by atoms with Crippen molar-refractivity contribution in [1.29, 1.82) is 0 Å². The summed E-state index contributed by atoms with van der Waals surface area (Å²) >= 11 is 0. The maximum atomic E-state index is 11.5. The zero-order valence-electron chi connectivity index (χ0n) is 9.65. The van der Waals surface area contributed by atoms with Gasteiger partial charge in [0.2, 0.25) is 5.95 Å². The topological polar surface area (TPSA) is 173 Å². The fourth-order valence-corrected chi connectivity index (χ4v) is 1.58. The molecule has 0 aliphatic carbocycles. The number of aromatic amines is 1. The van der Waals surface area contributed by atoms with Crippen molar-refractivity contribution in [1.82, 2.24) is 19.5 Å². The molecule has 0 radical (unpaired) electrons. The van der Waals surface area contributed by atoms with Crippen LogP contribution in [-0.4, -0.2) is 47.8 Å². The van der Waals surface area contributed by atoms with E-state index in [1.54, 1.807) is 0 Å². The van der Waals surface area contributed by atoms with E-state index in [4.69, 9.17) is 16.6 Å². The number of nitrogen functional groups attached to an aromatic ring is 1. The number of carboxylic acid groups (broad SMARTS) is 1. The molecule has 0 amide bonds. The van der Waals surface area contributed by atoms with Crippen molar-refractivity contribution in [3.05, 3.63) is 16.7 Å². The lowest BCUT2D eigenvalue weighted by molar-refractivity contribution is -0.141. The number of nitrogens with one attached hydrogen (secondary N) is 1. The zero-order valence-corrected chi connectivity index (χ0v) is 9.65. The first-order valence-corrected chi connectivity index (χ1v) is 5.27. The van der Waals surface area contributed by atoms with Crippen LogP contribution in [0.15, 0.2) is 11.1 Å². The Balaban J connectivity index is 2.36. The van der Waals surface area contributed by atoms with E-state index in [2.05, 4.69) is 15.0 Å². The number of fused-ring (bicyclic) bond motifs is 1. The van der Waals surface area contributed by atoms with E-state index >= 15 is 0 Å². The van der Waals surface area contributed by atoms with Gasteiger partial charge in [-0.3, -0.25) is 14.6 Å². The van der Waals surface area contributed by atoms with Gasteiger partial charge in [-0.25, -0.2) is 4.98 Å². The Morgan fingerprint density at radius 1 is 1.58 bits per heavy atom. The van der Waals surface area contributed by atoms with E-state index in [0.717, 1.165) is 0 Å². The summed E-state index contributed by atoms with van der Waals surface area (Å²) in [7, 11) is 0. The first-order valence-electron chi connectivity index (χ1n) is 5.27. The molecule has 2 aromatic rings. The summed E-state index contributed by atoms with van der Waals surface area (Å²) in [6.45, 7) is -0.167. The number of aliphatic hydroxyl groups is 1. The van der Waals surface area contributed by atoms with Gasteiger partial charge in [0.25, 0.3) is 5.56 Å². The lowest BCUT2D eigenvalue weighted by Gasteiger charge is -2.15. The molecule has 0 spiro atoms. The number of nitrogens with zero attached hydrogens (tertiary/aromatic N) is 3. The molecular weight excluding hydrogens is 256 g/mol. The fraction of sp³-hybridized carbons (Fsp3) is 0.333. The largest absolute Gasteiger partial charge is 0.480 e. The first kappa shape index (κ1) is 13.0. The molecule has 7 N–H and O–H groups in total. The number of nitrogens with two attached hydrogens (primary N) is 2. The van der Waals surface area contributed by atoms with Crippen LogP contribution < -0.4 is 17.0 Å². The van der Waals surface area contributed by atoms with E-state index < -0.39 is 23.7 Å². The molecule has 0 bridgehead atoms. The predicted octanol–water partition coefficient (Wildman–Crippen LogP) is -2.53. The highest BCUT2D eigenvalue weighted by atomic mass is 16.4. The second kappa shape index (κ2) is 4.66. The molecular formula is C9H12N6O4. The van der Waals surface area contributed by atoms with Crippen molar-refractivity contribution in [2.75, 3.05) is 5.73 Å². The summed E-state index contributed by atoms with van der Waals surface area (Å²) in [4.78, 5) is 32.1. The standard InChI is InChI=1S/C9H12N6O4/c10-4(8(18)19)3(16)1-15-2-12-5-6(15)13-9(11)14-7(5)17/h2-4,16H,1,10H2,(H,18,19)(H3,11,13,14,17)/t3-,4-/m0/s1. The Hall–Kier alpha value is -2.46. The van der Waals surface area contributed by atoms with Crippen molar-refractivity contribution in [3.8, 4) is 0 Å². The lowest BCUT2D eigenvalue weighted by Crippen LogP contribution is -2.43. The molecule has 19 heavy (non-hydrogen) atoms. The lowest BCUT2D eigenvalue weighted by atomic mass is 10.2. The number of carbonyl (C=O) groups is 1. The number of rotatable bonds is 4. The smallest absolute Gasteiger partial charge is 0.323 e. The van der Waals surface area contributed by atoms with Gasteiger partial charge in [-0.05, 0) is 0 Å². The summed E-state index contributed by atoms with van der Waals surface area (Å²) in [5.41, 5.74) is 10.4. The second-order valence-electron chi connectivity index (χ2n) is 3.95. The van der Waals surface area contributed by atoms with Crippen LogP contribution >= 0.6 is 0 Å². The van der Waals surface area contributed by atoms with Gasteiger partial charge < -0.3 is 26.2 Å². The first-order chi connectivity index (χ1) is 8.90. The molecule has 2 heterocycles. The molecule has 0 unspecified atom stereocenters. The zero-order chi connectivity index (χ0) is 14.2. The van der Waals surface area contributed by atoms with E-state index in [1.807, 2.05) is 0 Å². The van der Waals surface area contributed by atoms with Crippen LogP contribution in [0.2, 0.25) is 0 Å². The number of anilines is 1. The summed E-state index contributed by atoms with van der Waals surface area (Å²) in [6, 6.07) is -1.45. The number of carboxylic acids is 1. The quantitative estimate of drug-likeness (QED) is 0.403. The molecule has 102 valence electrons. The third-order valence-electron chi connectivity index (χ3n) is 2.58. The summed E-state index contributed by atoms with van der Waals surface area (Å²) in [5.74, 6) is -1.43. The van der Waals surface area contributed by atoms with Gasteiger partial charge in [-0.2, -0.15) is 4.98 Å². The van der Waals surface area contributed by atoms with Gasteiger partial charge in [-0.15, -0.1) is 0 Å². The fourth-order valence-electron chi connectivity index (χ4n) is 1.58. The number of aliphatic carboxylic acids is 1. The average Bonchev–Trinajstić information content (AvgIpc) is 2.71. The number of hydrogen-bond acceptors (Lipinski definition) is 7. The second-order valence-corrected chi connectivity index (χ2v) is 3.95. The Morgan fingerprint density at radius 3 is 2.89 bits per heavy atom. The number of imidazole rings is 1. The van der Waals surface area contributed by atoms with Gasteiger partial charge in [0, 0.05) is 0 Å². The SMILES string of the molecule is Nc1nc2c(ncn2C[C@H](O)[C@H](N)C(=O)O)c(=O)[nH]1.